The number of ether oxygens (including phenoxy) is 1. The Labute approximate surface area is 107 Å². The summed E-state index contributed by atoms with van der Waals surface area (Å²) >= 11 is 0. The number of aromatic nitrogens is 1. The van der Waals surface area contributed by atoms with Gasteiger partial charge in [0.05, 0.1) is 7.11 Å². The monoisotopic (exact) mass is 249 g/mol. The van der Waals surface area contributed by atoms with Gasteiger partial charge in [0.1, 0.15) is 5.69 Å². The second kappa shape index (κ2) is 5.82. The van der Waals surface area contributed by atoms with Crippen LogP contribution in [0.3, 0.4) is 0 Å². The summed E-state index contributed by atoms with van der Waals surface area (Å²) < 4.78 is 4.68. The first-order valence-corrected chi connectivity index (χ1v) is 6.18. The minimum absolute atomic E-state index is 0.368. The van der Waals surface area contributed by atoms with Crippen LogP contribution >= 0.6 is 0 Å². The highest BCUT2D eigenvalue weighted by Crippen LogP contribution is 2.23. The fourth-order valence-corrected chi connectivity index (χ4v) is 2.35. The van der Waals surface area contributed by atoms with E-state index in [4.69, 9.17) is 0 Å². The number of esters is 1. The van der Waals surface area contributed by atoms with Crippen LogP contribution in [0.25, 0.3) is 0 Å². The second-order valence-electron chi connectivity index (χ2n) is 4.55. The molecule has 1 aromatic heterocycles. The first-order chi connectivity index (χ1) is 8.74. The molecule has 5 heteroatoms. The molecule has 0 radical (unpaired) electrons. The Kier molecular flexibility index (Phi) is 4.15. The maximum absolute atomic E-state index is 11.4. The lowest BCUT2D eigenvalue weighted by atomic mass is 10.1. The number of hydrogen-bond acceptors (Lipinski definition) is 5. The molecule has 2 rings (SSSR count). The molecule has 5 nitrogen and oxygen atoms in total. The first kappa shape index (κ1) is 12.8. The maximum Gasteiger partial charge on any atom is 0.356 e. The summed E-state index contributed by atoms with van der Waals surface area (Å²) in [7, 11) is 3.35. The van der Waals surface area contributed by atoms with E-state index in [1.165, 1.54) is 13.5 Å². The Morgan fingerprint density at radius 1 is 1.67 bits per heavy atom. The van der Waals surface area contributed by atoms with E-state index in [9.17, 15) is 4.79 Å². The van der Waals surface area contributed by atoms with Gasteiger partial charge < -0.3 is 15.0 Å². The van der Waals surface area contributed by atoms with Crippen molar-refractivity contribution in [3.63, 3.8) is 0 Å². The molecule has 0 saturated carbocycles. The highest BCUT2D eigenvalue weighted by molar-refractivity contribution is 5.88. The van der Waals surface area contributed by atoms with Crippen LogP contribution < -0.4 is 10.2 Å². The maximum atomic E-state index is 11.4. The van der Waals surface area contributed by atoms with Gasteiger partial charge in [0, 0.05) is 25.0 Å². The van der Waals surface area contributed by atoms with Crippen LogP contribution in [-0.4, -0.2) is 44.7 Å². The molecule has 1 unspecified atom stereocenters. The molecule has 0 amide bonds. The quantitative estimate of drug-likeness (QED) is 0.804. The number of carbonyl (C=O) groups excluding carboxylic acids is 1. The number of pyridine rings is 1. The summed E-state index contributed by atoms with van der Waals surface area (Å²) in [6, 6.07) is 3.74. The van der Waals surface area contributed by atoms with Crippen LogP contribution in [0.2, 0.25) is 0 Å². The molecular formula is C13H19N3O2. The van der Waals surface area contributed by atoms with E-state index in [0.717, 1.165) is 25.3 Å². The van der Waals surface area contributed by atoms with Crippen molar-refractivity contribution < 1.29 is 9.53 Å². The SMILES string of the molecule is CNCC1CCN(c2ccnc(C(=O)OC)c2)C1. The van der Waals surface area contributed by atoms with Gasteiger partial charge >= 0.3 is 5.97 Å². The Hall–Kier alpha value is -1.62. The summed E-state index contributed by atoms with van der Waals surface area (Å²) in [6.07, 6.45) is 2.84. The number of nitrogens with one attached hydrogen (secondary N) is 1. The van der Waals surface area contributed by atoms with Crippen molar-refractivity contribution in [1.29, 1.82) is 0 Å². The predicted molar refractivity (Wildman–Crippen MR) is 69.8 cm³/mol. The summed E-state index contributed by atoms with van der Waals surface area (Å²) in [4.78, 5) is 17.7. The second-order valence-corrected chi connectivity index (χ2v) is 4.55. The summed E-state index contributed by atoms with van der Waals surface area (Å²) in [5.74, 6) is 0.285. The van der Waals surface area contributed by atoms with Crippen LogP contribution in [0.5, 0.6) is 0 Å². The Morgan fingerprint density at radius 3 is 3.22 bits per heavy atom. The van der Waals surface area contributed by atoms with Crippen molar-refractivity contribution in [2.24, 2.45) is 5.92 Å². The fraction of sp³-hybridized carbons (Fsp3) is 0.538. The summed E-state index contributed by atoms with van der Waals surface area (Å²) in [5, 5.41) is 3.21. The van der Waals surface area contributed by atoms with Gasteiger partial charge in [-0.2, -0.15) is 0 Å². The molecule has 0 aliphatic carbocycles. The minimum Gasteiger partial charge on any atom is -0.464 e. The van der Waals surface area contributed by atoms with Gasteiger partial charge in [0.2, 0.25) is 0 Å². The first-order valence-electron chi connectivity index (χ1n) is 6.18. The number of methoxy groups -OCH3 is 1. The lowest BCUT2D eigenvalue weighted by Crippen LogP contribution is -2.24. The van der Waals surface area contributed by atoms with Gasteiger partial charge in [-0.3, -0.25) is 0 Å². The highest BCUT2D eigenvalue weighted by atomic mass is 16.5. The van der Waals surface area contributed by atoms with Crippen molar-refractivity contribution in [3.8, 4) is 0 Å². The number of rotatable bonds is 4. The van der Waals surface area contributed by atoms with Crippen LogP contribution in [0.15, 0.2) is 18.3 Å². The van der Waals surface area contributed by atoms with Crippen molar-refractivity contribution >= 4 is 11.7 Å². The van der Waals surface area contributed by atoms with Gasteiger partial charge in [0.15, 0.2) is 0 Å². The van der Waals surface area contributed by atoms with E-state index in [1.807, 2.05) is 13.1 Å². The Bertz CT molecular complexity index is 422. The molecule has 1 saturated heterocycles. The Balaban J connectivity index is 2.08. The molecule has 0 spiro atoms. The zero-order valence-corrected chi connectivity index (χ0v) is 10.8. The zero-order chi connectivity index (χ0) is 13.0. The fourth-order valence-electron chi connectivity index (χ4n) is 2.35. The molecule has 0 aromatic carbocycles. The molecule has 1 atom stereocenters. The summed E-state index contributed by atoms with van der Waals surface area (Å²) in [5.41, 5.74) is 1.41. The molecule has 1 aromatic rings. The van der Waals surface area contributed by atoms with Gasteiger partial charge in [-0.25, -0.2) is 9.78 Å². The number of carbonyl (C=O) groups is 1. The van der Waals surface area contributed by atoms with Crippen molar-refractivity contribution in [3.05, 3.63) is 24.0 Å². The molecule has 1 N–H and O–H groups in total. The predicted octanol–water partition coefficient (Wildman–Crippen LogP) is 0.914. The number of nitrogens with zero attached hydrogens (tertiary/aromatic N) is 2. The summed E-state index contributed by atoms with van der Waals surface area (Å²) in [6.45, 7) is 3.08. The molecule has 98 valence electrons. The van der Waals surface area contributed by atoms with Crippen molar-refractivity contribution in [2.75, 3.05) is 38.7 Å². The topological polar surface area (TPSA) is 54.5 Å². The third-order valence-corrected chi connectivity index (χ3v) is 3.28. The van der Waals surface area contributed by atoms with Crippen LogP contribution in [0.1, 0.15) is 16.9 Å². The van der Waals surface area contributed by atoms with Crippen LogP contribution in [0.4, 0.5) is 5.69 Å². The lowest BCUT2D eigenvalue weighted by molar-refractivity contribution is 0.0594. The van der Waals surface area contributed by atoms with Crippen molar-refractivity contribution in [2.45, 2.75) is 6.42 Å². The average molecular weight is 249 g/mol. The van der Waals surface area contributed by atoms with E-state index in [1.54, 1.807) is 12.3 Å². The third kappa shape index (κ3) is 2.79. The Morgan fingerprint density at radius 2 is 2.50 bits per heavy atom. The third-order valence-electron chi connectivity index (χ3n) is 3.28. The van der Waals surface area contributed by atoms with E-state index >= 15 is 0 Å². The number of hydrogen-bond donors (Lipinski definition) is 1. The molecule has 2 heterocycles. The lowest BCUT2D eigenvalue weighted by Gasteiger charge is -2.18. The smallest absolute Gasteiger partial charge is 0.356 e. The molecular weight excluding hydrogens is 230 g/mol. The van der Waals surface area contributed by atoms with Gasteiger partial charge in [-0.05, 0) is 38.1 Å². The molecule has 0 bridgehead atoms. The number of anilines is 1. The van der Waals surface area contributed by atoms with E-state index in [-0.39, 0.29) is 5.97 Å². The standard InChI is InChI=1S/C13H19N3O2/c1-14-8-10-4-6-16(9-10)11-3-5-15-12(7-11)13(17)18-2/h3,5,7,10,14H,4,6,8-9H2,1-2H3. The van der Waals surface area contributed by atoms with Gasteiger partial charge in [-0.15, -0.1) is 0 Å². The molecule has 18 heavy (non-hydrogen) atoms. The average Bonchev–Trinajstić information content (AvgIpc) is 2.87. The van der Waals surface area contributed by atoms with E-state index in [0.29, 0.717) is 11.6 Å². The van der Waals surface area contributed by atoms with Gasteiger partial charge in [-0.1, -0.05) is 0 Å². The van der Waals surface area contributed by atoms with Crippen LogP contribution in [0, 0.1) is 5.92 Å². The normalized spacial score (nSPS) is 19.0. The van der Waals surface area contributed by atoms with Crippen LogP contribution in [-0.2, 0) is 4.74 Å². The molecule has 1 aliphatic rings. The van der Waals surface area contributed by atoms with E-state index in [2.05, 4.69) is 19.9 Å². The molecule has 1 aliphatic heterocycles. The largest absolute Gasteiger partial charge is 0.464 e. The highest BCUT2D eigenvalue weighted by Gasteiger charge is 2.22. The van der Waals surface area contributed by atoms with Gasteiger partial charge in [0.25, 0.3) is 0 Å². The minimum atomic E-state index is -0.386. The van der Waals surface area contributed by atoms with E-state index < -0.39 is 0 Å². The zero-order valence-electron chi connectivity index (χ0n) is 10.8. The van der Waals surface area contributed by atoms with Crippen molar-refractivity contribution in [1.82, 2.24) is 10.3 Å². The molecule has 1 fully saturated rings.